The number of esters is 1. The van der Waals surface area contributed by atoms with Gasteiger partial charge in [0.15, 0.2) is 0 Å². The van der Waals surface area contributed by atoms with Gasteiger partial charge in [0.1, 0.15) is 19.3 Å². The second-order valence-corrected chi connectivity index (χ2v) is 23.6. The van der Waals surface area contributed by atoms with Gasteiger partial charge in [0.05, 0.1) is 33.8 Å². The lowest BCUT2D eigenvalue weighted by molar-refractivity contribution is -0.870. The number of likely N-dealkylation sites (N-methyl/N-ethyl adjacent to an activating group) is 1. The summed E-state index contributed by atoms with van der Waals surface area (Å²) >= 11 is 0. The zero-order valence-corrected chi connectivity index (χ0v) is 50.6. The second-order valence-electron chi connectivity index (χ2n) is 22.2. The highest BCUT2D eigenvalue weighted by Gasteiger charge is 2.27. The summed E-state index contributed by atoms with van der Waals surface area (Å²) in [5, 5.41) is 3.02. The van der Waals surface area contributed by atoms with Gasteiger partial charge in [0.25, 0.3) is 7.82 Å². The van der Waals surface area contributed by atoms with Crippen LogP contribution in [0.1, 0.15) is 278 Å². The lowest BCUT2D eigenvalue weighted by Gasteiger charge is -2.30. The van der Waals surface area contributed by atoms with E-state index in [0.717, 1.165) is 116 Å². The minimum Gasteiger partial charge on any atom is -0.756 e. The summed E-state index contributed by atoms with van der Waals surface area (Å²) in [4.78, 5) is 40.0. The van der Waals surface area contributed by atoms with Crippen molar-refractivity contribution in [1.82, 2.24) is 5.32 Å². The molecule has 75 heavy (non-hydrogen) atoms. The van der Waals surface area contributed by atoms with Crippen LogP contribution in [0.3, 0.4) is 0 Å². The fraction of sp³-hybridized carbons (Fsp3) is 0.785. The van der Waals surface area contributed by atoms with E-state index in [1.54, 1.807) is 0 Å². The minimum atomic E-state index is -4.71. The molecule has 0 aromatic carbocycles. The smallest absolute Gasteiger partial charge is 0.306 e. The number of phosphoric ester groups is 1. The Bertz CT molecular complexity index is 1510. The zero-order chi connectivity index (χ0) is 55.0. The average molecular weight is 1070 g/mol. The summed E-state index contributed by atoms with van der Waals surface area (Å²) in [6.45, 7) is 6.78. The number of ether oxygens (including phenoxy) is 1. The third kappa shape index (κ3) is 56.0. The van der Waals surface area contributed by atoms with Crippen LogP contribution < -0.4 is 10.2 Å². The summed E-state index contributed by atoms with van der Waals surface area (Å²) in [5.41, 5.74) is 0. The van der Waals surface area contributed by atoms with Gasteiger partial charge in [-0.2, -0.15) is 0 Å². The SMILES string of the molecule is CCCCC/C=C\C/C=C\C/C=C\CCCCCCCCCCC(=O)OC(/C=C\CCCCCCCCCCCCC)C(COP(=O)([O-])OCC[N+](C)(C)C)NC(=O)CCCCCCCC/C=C/C=C/CCCCC. The molecule has 0 aromatic rings. The number of amides is 1. The van der Waals surface area contributed by atoms with Crippen molar-refractivity contribution in [3.8, 4) is 0 Å². The third-order valence-electron chi connectivity index (χ3n) is 13.6. The number of nitrogens with one attached hydrogen (secondary N) is 1. The van der Waals surface area contributed by atoms with E-state index in [1.807, 2.05) is 33.3 Å². The molecule has 0 rings (SSSR count). The predicted molar refractivity (Wildman–Crippen MR) is 321 cm³/mol. The molecule has 0 saturated carbocycles. The summed E-state index contributed by atoms with van der Waals surface area (Å²) in [7, 11) is 1.17. The van der Waals surface area contributed by atoms with Gasteiger partial charge in [0.2, 0.25) is 5.91 Å². The maximum atomic E-state index is 13.5. The summed E-state index contributed by atoms with van der Waals surface area (Å²) in [5.74, 6) is -0.560. The predicted octanol–water partition coefficient (Wildman–Crippen LogP) is 18.6. The molecular weight excluding hydrogens is 952 g/mol. The van der Waals surface area contributed by atoms with Crippen molar-refractivity contribution in [2.45, 2.75) is 290 Å². The van der Waals surface area contributed by atoms with E-state index in [1.165, 1.54) is 128 Å². The number of hydrogen-bond donors (Lipinski definition) is 1. The van der Waals surface area contributed by atoms with Gasteiger partial charge in [-0.25, -0.2) is 0 Å². The fourth-order valence-electron chi connectivity index (χ4n) is 8.75. The average Bonchev–Trinajstić information content (AvgIpc) is 3.37. The van der Waals surface area contributed by atoms with Crippen LogP contribution in [0.2, 0.25) is 0 Å². The number of hydrogen-bond acceptors (Lipinski definition) is 7. The standard InChI is InChI=1S/C65H119N2O7P/c1-7-10-13-16-19-22-25-28-30-31-32-33-34-35-37-40-43-46-49-52-55-58-65(69)74-63(56-53-50-47-44-41-38-27-24-21-18-15-12-9-3)62(61-73-75(70,71)72-60-59-67(4,5)6)66-64(68)57-54-51-48-45-42-39-36-29-26-23-20-17-14-11-8-2/h19-20,22-23,26,28-30,32-33,53,56,62-63H,7-18,21,24-25,27,31,34-52,54-55,57-61H2,1-6H3,(H-,66,68,70,71)/b22-19-,23-20+,29-26+,30-28-,33-32-,56-53-. The van der Waals surface area contributed by atoms with E-state index in [9.17, 15) is 19.0 Å². The topological polar surface area (TPSA) is 114 Å². The lowest BCUT2D eigenvalue weighted by Crippen LogP contribution is -2.47. The Morgan fingerprint density at radius 3 is 1.32 bits per heavy atom. The van der Waals surface area contributed by atoms with Gasteiger partial charge in [0, 0.05) is 12.8 Å². The Hall–Kier alpha value is -2.55. The van der Waals surface area contributed by atoms with Crippen LogP contribution in [0.25, 0.3) is 0 Å². The number of rotatable bonds is 56. The van der Waals surface area contributed by atoms with E-state index in [2.05, 4.69) is 86.8 Å². The second kappa shape index (κ2) is 54.8. The normalized spacial score (nSPS) is 14.2. The van der Waals surface area contributed by atoms with Crippen molar-refractivity contribution in [2.24, 2.45) is 0 Å². The van der Waals surface area contributed by atoms with Gasteiger partial charge in [-0.1, -0.05) is 242 Å². The molecule has 0 spiro atoms. The highest BCUT2D eigenvalue weighted by molar-refractivity contribution is 7.45. The van der Waals surface area contributed by atoms with Crippen molar-refractivity contribution < 1.29 is 37.3 Å². The quantitative estimate of drug-likeness (QED) is 0.0161. The number of unbranched alkanes of at least 4 members (excludes halogenated alkanes) is 31. The zero-order valence-electron chi connectivity index (χ0n) is 49.7. The van der Waals surface area contributed by atoms with Crippen molar-refractivity contribution >= 4 is 19.7 Å². The first-order chi connectivity index (χ1) is 36.4. The first kappa shape index (κ1) is 72.5. The molecule has 3 unspecified atom stereocenters. The summed E-state index contributed by atoms with van der Waals surface area (Å²) in [6.07, 6.45) is 70.0. The van der Waals surface area contributed by atoms with E-state index in [0.29, 0.717) is 17.4 Å². The van der Waals surface area contributed by atoms with Crippen LogP contribution in [-0.2, 0) is 27.9 Å². The molecule has 0 aromatic heterocycles. The van der Waals surface area contributed by atoms with Crippen molar-refractivity contribution in [3.63, 3.8) is 0 Å². The molecule has 1 amide bonds. The fourth-order valence-corrected chi connectivity index (χ4v) is 9.48. The van der Waals surface area contributed by atoms with Crippen LogP contribution >= 0.6 is 7.82 Å². The van der Waals surface area contributed by atoms with Crippen LogP contribution in [0.15, 0.2) is 72.9 Å². The Kier molecular flexibility index (Phi) is 52.9. The van der Waals surface area contributed by atoms with Crippen molar-refractivity contribution in [1.29, 1.82) is 0 Å². The summed E-state index contributed by atoms with van der Waals surface area (Å²) in [6, 6.07) is -0.900. The van der Waals surface area contributed by atoms with E-state index >= 15 is 0 Å². The van der Waals surface area contributed by atoms with E-state index in [-0.39, 0.29) is 24.9 Å². The number of allylic oxidation sites excluding steroid dienone is 11. The Balaban J connectivity index is 5.29. The molecule has 0 bridgehead atoms. The minimum absolute atomic E-state index is 0.0281. The maximum absolute atomic E-state index is 13.5. The molecule has 436 valence electrons. The van der Waals surface area contributed by atoms with Crippen LogP contribution in [0.4, 0.5) is 0 Å². The number of nitrogens with zero attached hydrogens (tertiary/aromatic N) is 1. The lowest BCUT2D eigenvalue weighted by atomic mass is 10.0. The molecule has 0 fully saturated rings. The van der Waals surface area contributed by atoms with Crippen molar-refractivity contribution in [3.05, 3.63) is 72.9 Å². The first-order valence-corrected chi connectivity index (χ1v) is 32.7. The van der Waals surface area contributed by atoms with E-state index < -0.39 is 26.6 Å². The van der Waals surface area contributed by atoms with Gasteiger partial charge in [-0.05, 0) is 96.0 Å². The van der Waals surface area contributed by atoms with E-state index in [4.69, 9.17) is 13.8 Å². The molecule has 0 aliphatic rings. The summed E-state index contributed by atoms with van der Waals surface area (Å²) < 4.78 is 30.3. The Morgan fingerprint density at radius 2 is 0.853 bits per heavy atom. The molecule has 1 N–H and O–H groups in total. The van der Waals surface area contributed by atoms with Crippen LogP contribution in [0.5, 0.6) is 0 Å². The molecule has 9 nitrogen and oxygen atoms in total. The molecule has 3 atom stereocenters. The number of carbonyl (C=O) groups excluding carboxylic acids is 2. The number of carbonyl (C=O) groups is 2. The Morgan fingerprint density at radius 1 is 0.480 bits per heavy atom. The molecule has 0 radical (unpaired) electrons. The first-order valence-electron chi connectivity index (χ1n) is 31.3. The number of quaternary nitrogens is 1. The monoisotopic (exact) mass is 1070 g/mol. The van der Waals surface area contributed by atoms with Gasteiger partial charge in [-0.15, -0.1) is 0 Å². The highest BCUT2D eigenvalue weighted by atomic mass is 31.2. The third-order valence-corrected chi connectivity index (χ3v) is 14.6. The Labute approximate surface area is 463 Å². The van der Waals surface area contributed by atoms with Crippen LogP contribution in [-0.4, -0.2) is 69.4 Å². The largest absolute Gasteiger partial charge is 0.756 e. The van der Waals surface area contributed by atoms with Crippen molar-refractivity contribution in [2.75, 3.05) is 40.9 Å². The molecule has 0 heterocycles. The van der Waals surface area contributed by atoms with Gasteiger partial charge in [-0.3, -0.25) is 14.2 Å². The molecular formula is C65H119N2O7P. The molecule has 0 saturated heterocycles. The molecule has 0 aliphatic heterocycles. The number of phosphoric acid groups is 1. The highest BCUT2D eigenvalue weighted by Crippen LogP contribution is 2.38. The van der Waals surface area contributed by atoms with Gasteiger partial charge >= 0.3 is 5.97 Å². The molecule has 10 heteroatoms. The van der Waals surface area contributed by atoms with Gasteiger partial charge < -0.3 is 28.5 Å². The van der Waals surface area contributed by atoms with Crippen LogP contribution in [0, 0.1) is 0 Å². The molecule has 0 aliphatic carbocycles. The maximum Gasteiger partial charge on any atom is 0.306 e.